The van der Waals surface area contributed by atoms with Crippen molar-refractivity contribution in [2.45, 2.75) is 63.2 Å². The fraction of sp³-hybridized carbons (Fsp3) is 0.667. The quantitative estimate of drug-likeness (QED) is 0.826. The number of rotatable bonds is 5. The van der Waals surface area contributed by atoms with E-state index in [1.807, 2.05) is 0 Å². The van der Waals surface area contributed by atoms with E-state index < -0.39 is 0 Å². The van der Waals surface area contributed by atoms with Crippen LogP contribution in [0.4, 0.5) is 0 Å². The molecule has 0 amide bonds. The third-order valence-electron chi connectivity index (χ3n) is 4.33. The van der Waals surface area contributed by atoms with Gasteiger partial charge < -0.3 is 5.32 Å². The van der Waals surface area contributed by atoms with Crippen LogP contribution in [0.25, 0.3) is 0 Å². The molecule has 2 heteroatoms. The van der Waals surface area contributed by atoms with Crippen molar-refractivity contribution in [1.82, 2.24) is 5.32 Å². The topological polar surface area (TPSA) is 12.0 Å². The van der Waals surface area contributed by atoms with Crippen molar-refractivity contribution in [2.24, 2.45) is 0 Å². The van der Waals surface area contributed by atoms with Crippen LogP contribution in [0.1, 0.15) is 63.6 Å². The third-order valence-corrected chi connectivity index (χ3v) is 5.80. The summed E-state index contributed by atoms with van der Waals surface area (Å²) in [6.45, 7) is 6.81. The smallest absolute Gasteiger partial charge is 0.0409 e. The third kappa shape index (κ3) is 4.26. The molecular weight excluding hydrogens is 262 g/mol. The summed E-state index contributed by atoms with van der Waals surface area (Å²) in [6.07, 6.45) is 5.71. The first kappa shape index (κ1) is 15.9. The lowest BCUT2D eigenvalue weighted by atomic mass is 9.86. The van der Waals surface area contributed by atoms with Crippen LogP contribution in [0.15, 0.2) is 24.3 Å². The zero-order valence-corrected chi connectivity index (χ0v) is 14.2. The molecule has 1 fully saturated rings. The summed E-state index contributed by atoms with van der Waals surface area (Å²) in [6, 6.07) is 9.67. The molecular formula is C18H29NS. The molecule has 0 bridgehead atoms. The number of benzene rings is 1. The highest BCUT2D eigenvalue weighted by Gasteiger charge is 2.19. The second kappa shape index (κ2) is 7.00. The summed E-state index contributed by atoms with van der Waals surface area (Å²) < 4.78 is 0. The first-order valence-corrected chi connectivity index (χ1v) is 8.95. The van der Waals surface area contributed by atoms with E-state index in [9.17, 15) is 0 Å². The fourth-order valence-electron chi connectivity index (χ4n) is 2.85. The Kier molecular flexibility index (Phi) is 5.57. The second-order valence-corrected chi connectivity index (χ2v) is 8.29. The predicted octanol–water partition coefficient (Wildman–Crippen LogP) is 4.92. The van der Waals surface area contributed by atoms with Crippen LogP contribution in [0.3, 0.4) is 0 Å². The lowest BCUT2D eigenvalue weighted by molar-refractivity contribution is 0.588. The van der Waals surface area contributed by atoms with Gasteiger partial charge >= 0.3 is 0 Å². The normalized spacial score (nSPS) is 18.4. The van der Waals surface area contributed by atoms with Gasteiger partial charge in [0, 0.05) is 17.0 Å². The summed E-state index contributed by atoms with van der Waals surface area (Å²) in [5.41, 5.74) is 3.08. The molecule has 112 valence electrons. The summed E-state index contributed by atoms with van der Waals surface area (Å²) in [5.74, 6) is 1.19. The Morgan fingerprint density at radius 3 is 2.25 bits per heavy atom. The zero-order valence-electron chi connectivity index (χ0n) is 13.4. The highest BCUT2D eigenvalue weighted by atomic mass is 32.2. The van der Waals surface area contributed by atoms with Gasteiger partial charge in [-0.15, -0.1) is 0 Å². The molecule has 20 heavy (non-hydrogen) atoms. The van der Waals surface area contributed by atoms with Gasteiger partial charge in [0.05, 0.1) is 0 Å². The number of thioether (sulfide) groups is 1. The van der Waals surface area contributed by atoms with E-state index in [-0.39, 0.29) is 5.41 Å². The maximum absolute atomic E-state index is 3.48. The van der Waals surface area contributed by atoms with E-state index in [0.717, 1.165) is 5.25 Å². The number of hydrogen-bond donors (Lipinski definition) is 1. The van der Waals surface area contributed by atoms with Crippen molar-refractivity contribution in [3.05, 3.63) is 35.4 Å². The van der Waals surface area contributed by atoms with Crippen LogP contribution in [0.5, 0.6) is 0 Å². The van der Waals surface area contributed by atoms with Gasteiger partial charge in [-0.25, -0.2) is 0 Å². The van der Waals surface area contributed by atoms with Crippen molar-refractivity contribution in [1.29, 1.82) is 0 Å². The molecule has 1 nitrogen and oxygen atoms in total. The average molecular weight is 292 g/mol. The van der Waals surface area contributed by atoms with Crippen molar-refractivity contribution < 1.29 is 0 Å². The van der Waals surface area contributed by atoms with Crippen LogP contribution < -0.4 is 5.32 Å². The Balaban J connectivity index is 1.96. The molecule has 1 N–H and O–H groups in total. The Hall–Kier alpha value is -0.470. The van der Waals surface area contributed by atoms with Gasteiger partial charge in [-0.1, -0.05) is 57.9 Å². The minimum atomic E-state index is 0.242. The van der Waals surface area contributed by atoms with Crippen LogP contribution >= 0.6 is 11.8 Å². The molecule has 1 unspecified atom stereocenters. The van der Waals surface area contributed by atoms with E-state index in [0.29, 0.717) is 6.04 Å². The SMILES string of the molecule is CNC(CSC1CCCC1)c1ccc(C(C)(C)C)cc1. The molecule has 1 saturated carbocycles. The van der Waals surface area contributed by atoms with Gasteiger partial charge in [0.25, 0.3) is 0 Å². The van der Waals surface area contributed by atoms with Crippen LogP contribution in [0.2, 0.25) is 0 Å². The standard InChI is InChI=1S/C18H29NS/c1-18(2,3)15-11-9-14(10-12-15)17(19-4)13-20-16-7-5-6-8-16/h9-12,16-17,19H,5-8,13H2,1-4H3. The molecule has 0 heterocycles. The van der Waals surface area contributed by atoms with Gasteiger partial charge in [0.2, 0.25) is 0 Å². The monoisotopic (exact) mass is 291 g/mol. The Labute approximate surface area is 128 Å². The minimum Gasteiger partial charge on any atom is -0.312 e. The van der Waals surface area contributed by atoms with Crippen molar-refractivity contribution in [3.8, 4) is 0 Å². The highest BCUT2D eigenvalue weighted by molar-refractivity contribution is 7.99. The molecule has 1 aromatic carbocycles. The van der Waals surface area contributed by atoms with Gasteiger partial charge in [-0.3, -0.25) is 0 Å². The first-order chi connectivity index (χ1) is 9.50. The lowest BCUT2D eigenvalue weighted by Crippen LogP contribution is -2.20. The van der Waals surface area contributed by atoms with E-state index in [1.54, 1.807) is 0 Å². The Morgan fingerprint density at radius 2 is 1.75 bits per heavy atom. The molecule has 0 aromatic heterocycles. The maximum Gasteiger partial charge on any atom is 0.0409 e. The van der Waals surface area contributed by atoms with Crippen LogP contribution in [-0.4, -0.2) is 18.1 Å². The summed E-state index contributed by atoms with van der Waals surface area (Å²) >= 11 is 2.16. The summed E-state index contributed by atoms with van der Waals surface area (Å²) in [4.78, 5) is 0. The van der Waals surface area contributed by atoms with E-state index in [4.69, 9.17) is 0 Å². The van der Waals surface area contributed by atoms with Crippen LogP contribution in [0, 0.1) is 0 Å². The number of hydrogen-bond acceptors (Lipinski definition) is 2. The predicted molar refractivity (Wildman–Crippen MR) is 91.7 cm³/mol. The van der Waals surface area contributed by atoms with Crippen molar-refractivity contribution in [3.63, 3.8) is 0 Å². The van der Waals surface area contributed by atoms with Gasteiger partial charge in [-0.2, -0.15) is 11.8 Å². The molecule has 1 aliphatic carbocycles. The highest BCUT2D eigenvalue weighted by Crippen LogP contribution is 2.32. The minimum absolute atomic E-state index is 0.242. The fourth-order valence-corrected chi connectivity index (χ4v) is 4.34. The molecule has 2 rings (SSSR count). The second-order valence-electron chi connectivity index (χ2n) is 6.95. The summed E-state index contributed by atoms with van der Waals surface area (Å²) in [7, 11) is 2.08. The molecule has 0 spiro atoms. The van der Waals surface area contributed by atoms with Crippen LogP contribution in [-0.2, 0) is 5.41 Å². The van der Waals surface area contributed by atoms with Gasteiger partial charge in [0.1, 0.15) is 0 Å². The van der Waals surface area contributed by atoms with Gasteiger partial charge in [-0.05, 0) is 36.4 Å². The largest absolute Gasteiger partial charge is 0.312 e. The van der Waals surface area contributed by atoms with E-state index in [1.165, 1.54) is 42.6 Å². The van der Waals surface area contributed by atoms with Crippen molar-refractivity contribution in [2.75, 3.05) is 12.8 Å². The molecule has 1 aromatic rings. The molecule has 0 radical (unpaired) electrons. The van der Waals surface area contributed by atoms with E-state index in [2.05, 4.69) is 69.2 Å². The van der Waals surface area contributed by atoms with Gasteiger partial charge in [0.15, 0.2) is 0 Å². The first-order valence-electron chi connectivity index (χ1n) is 7.90. The summed E-state index contributed by atoms with van der Waals surface area (Å²) in [5, 5.41) is 4.38. The van der Waals surface area contributed by atoms with Crippen molar-refractivity contribution >= 4 is 11.8 Å². The number of nitrogens with one attached hydrogen (secondary N) is 1. The average Bonchev–Trinajstić information content (AvgIpc) is 2.92. The molecule has 1 atom stereocenters. The molecule has 1 aliphatic rings. The Morgan fingerprint density at radius 1 is 1.15 bits per heavy atom. The zero-order chi connectivity index (χ0) is 14.6. The molecule has 0 aliphatic heterocycles. The maximum atomic E-state index is 3.48. The Bertz CT molecular complexity index is 398. The lowest BCUT2D eigenvalue weighted by Gasteiger charge is -2.22. The molecule has 0 saturated heterocycles. The van der Waals surface area contributed by atoms with E-state index >= 15 is 0 Å².